The van der Waals surface area contributed by atoms with Crippen LogP contribution in [0.3, 0.4) is 0 Å². The molecule has 90 valence electrons. The molecule has 0 rings (SSSR count). The van der Waals surface area contributed by atoms with Crippen molar-refractivity contribution >= 4 is 17.8 Å². The van der Waals surface area contributed by atoms with E-state index in [4.69, 9.17) is 9.84 Å². The van der Waals surface area contributed by atoms with Gasteiger partial charge in [-0.1, -0.05) is 6.58 Å². The highest BCUT2D eigenvalue weighted by atomic mass is 16.5. The molecule has 2 N–H and O–H groups in total. The lowest BCUT2D eigenvalue weighted by Gasteiger charge is -2.12. The van der Waals surface area contributed by atoms with E-state index in [1.807, 2.05) is 0 Å². The van der Waals surface area contributed by atoms with Crippen molar-refractivity contribution in [3.8, 4) is 0 Å². The van der Waals surface area contributed by atoms with Crippen LogP contribution in [0.5, 0.6) is 0 Å². The molecule has 0 aliphatic heterocycles. The van der Waals surface area contributed by atoms with E-state index >= 15 is 0 Å². The van der Waals surface area contributed by atoms with Gasteiger partial charge in [0.05, 0.1) is 18.9 Å². The molecule has 0 aromatic rings. The molecule has 0 radical (unpaired) electrons. The van der Waals surface area contributed by atoms with Gasteiger partial charge in [-0.05, 0) is 13.0 Å². The summed E-state index contributed by atoms with van der Waals surface area (Å²) in [6.45, 7) is 4.94. The first-order valence-corrected chi connectivity index (χ1v) is 4.76. The second-order valence-corrected chi connectivity index (χ2v) is 3.19. The second kappa shape index (κ2) is 7.44. The van der Waals surface area contributed by atoms with Crippen molar-refractivity contribution in [1.29, 1.82) is 0 Å². The molecule has 0 aromatic carbocycles. The number of amides is 1. The maximum atomic E-state index is 11.0. The lowest BCUT2D eigenvalue weighted by molar-refractivity contribution is -0.148. The number of nitrogens with one attached hydrogen (secondary N) is 1. The predicted octanol–water partition coefficient (Wildman–Crippen LogP) is 0.0851. The molecule has 0 spiro atoms. The Morgan fingerprint density at radius 1 is 1.44 bits per heavy atom. The van der Waals surface area contributed by atoms with E-state index in [-0.39, 0.29) is 31.4 Å². The Hall–Kier alpha value is -1.85. The van der Waals surface area contributed by atoms with Gasteiger partial charge in [-0.2, -0.15) is 0 Å². The Morgan fingerprint density at radius 2 is 2.06 bits per heavy atom. The highest BCUT2D eigenvalue weighted by Crippen LogP contribution is 1.94. The van der Waals surface area contributed by atoms with Gasteiger partial charge in [0.15, 0.2) is 0 Å². The molecule has 0 aliphatic rings. The molecule has 1 amide bonds. The lowest BCUT2D eigenvalue weighted by atomic mass is 10.3. The number of carbonyl (C=O) groups excluding carboxylic acids is 2. The Balaban J connectivity index is 3.70. The third-order valence-corrected chi connectivity index (χ3v) is 1.61. The number of carbonyl (C=O) groups is 3. The fourth-order valence-electron chi connectivity index (χ4n) is 0.843. The third kappa shape index (κ3) is 7.54. The van der Waals surface area contributed by atoms with E-state index in [1.54, 1.807) is 6.92 Å². The van der Waals surface area contributed by atoms with Crippen molar-refractivity contribution in [2.24, 2.45) is 0 Å². The molecule has 1 unspecified atom stereocenters. The van der Waals surface area contributed by atoms with Crippen LogP contribution in [0.4, 0.5) is 0 Å². The first-order chi connectivity index (χ1) is 7.45. The van der Waals surface area contributed by atoms with Gasteiger partial charge in [0, 0.05) is 0 Å². The molecule has 0 heterocycles. The van der Waals surface area contributed by atoms with Crippen molar-refractivity contribution in [3.05, 3.63) is 12.7 Å². The quantitative estimate of drug-likeness (QED) is 0.476. The zero-order valence-corrected chi connectivity index (χ0v) is 9.06. The van der Waals surface area contributed by atoms with E-state index in [9.17, 15) is 14.4 Å². The van der Waals surface area contributed by atoms with Gasteiger partial charge in [-0.3, -0.25) is 14.4 Å². The summed E-state index contributed by atoms with van der Waals surface area (Å²) in [5.41, 5.74) is 0. The first-order valence-electron chi connectivity index (χ1n) is 4.76. The van der Waals surface area contributed by atoms with Gasteiger partial charge < -0.3 is 15.2 Å². The Kier molecular flexibility index (Phi) is 6.58. The van der Waals surface area contributed by atoms with Crippen LogP contribution in [0.15, 0.2) is 12.7 Å². The number of esters is 1. The number of hydrogen-bond donors (Lipinski definition) is 2. The van der Waals surface area contributed by atoms with E-state index < -0.39 is 11.9 Å². The van der Waals surface area contributed by atoms with E-state index in [1.165, 1.54) is 0 Å². The van der Waals surface area contributed by atoms with Crippen LogP contribution in [0.1, 0.15) is 19.8 Å². The van der Waals surface area contributed by atoms with Crippen molar-refractivity contribution in [2.75, 3.05) is 6.61 Å². The first kappa shape index (κ1) is 14.2. The molecule has 0 aliphatic carbocycles. The second-order valence-electron chi connectivity index (χ2n) is 3.19. The molecular formula is C10H15NO5. The average Bonchev–Trinajstić information content (AvgIpc) is 2.23. The molecule has 0 bridgehead atoms. The van der Waals surface area contributed by atoms with Crippen LogP contribution >= 0.6 is 0 Å². The van der Waals surface area contributed by atoms with Crippen molar-refractivity contribution in [2.45, 2.75) is 25.8 Å². The van der Waals surface area contributed by atoms with Crippen molar-refractivity contribution in [3.63, 3.8) is 0 Å². The average molecular weight is 229 g/mol. The van der Waals surface area contributed by atoms with Crippen LogP contribution in [-0.2, 0) is 19.1 Å². The molecule has 0 saturated heterocycles. The minimum Gasteiger partial charge on any atom is -0.481 e. The highest BCUT2D eigenvalue weighted by Gasteiger charge is 2.10. The van der Waals surface area contributed by atoms with Crippen molar-refractivity contribution < 1.29 is 24.2 Å². The van der Waals surface area contributed by atoms with E-state index in [2.05, 4.69) is 11.9 Å². The summed E-state index contributed by atoms with van der Waals surface area (Å²) in [5, 5.41) is 10.8. The molecular weight excluding hydrogens is 214 g/mol. The summed E-state index contributed by atoms with van der Waals surface area (Å²) in [7, 11) is 0. The molecule has 0 fully saturated rings. The highest BCUT2D eigenvalue weighted by molar-refractivity contribution is 5.87. The summed E-state index contributed by atoms with van der Waals surface area (Å²) in [5.74, 6) is -2.00. The summed E-state index contributed by atoms with van der Waals surface area (Å²) in [4.78, 5) is 32.0. The number of hydrogen-bond acceptors (Lipinski definition) is 4. The third-order valence-electron chi connectivity index (χ3n) is 1.61. The molecule has 1 atom stereocenters. The maximum Gasteiger partial charge on any atom is 0.306 e. The Labute approximate surface area is 93.3 Å². The summed E-state index contributed by atoms with van der Waals surface area (Å²) < 4.78 is 4.75. The van der Waals surface area contributed by atoms with Crippen molar-refractivity contribution in [1.82, 2.24) is 5.32 Å². The normalized spacial score (nSPS) is 11.3. The van der Waals surface area contributed by atoms with E-state index in [0.29, 0.717) is 0 Å². The van der Waals surface area contributed by atoms with Crippen LogP contribution in [0.2, 0.25) is 0 Å². The number of carboxylic acids is 1. The van der Waals surface area contributed by atoms with Crippen LogP contribution in [0, 0.1) is 0 Å². The van der Waals surface area contributed by atoms with E-state index in [0.717, 1.165) is 6.08 Å². The minimum absolute atomic E-state index is 0.0119. The SMILES string of the molecule is C=CC(=O)NC(C)COC(=O)CCC(=O)O. The van der Waals surface area contributed by atoms with Gasteiger partial charge in [-0.15, -0.1) is 0 Å². The predicted molar refractivity (Wildman–Crippen MR) is 55.6 cm³/mol. The molecule has 6 heteroatoms. The van der Waals surface area contributed by atoms with Crippen LogP contribution in [0.25, 0.3) is 0 Å². The lowest BCUT2D eigenvalue weighted by Crippen LogP contribution is -2.35. The molecule has 0 aromatic heterocycles. The molecule has 0 saturated carbocycles. The summed E-state index contributed by atoms with van der Waals surface area (Å²) in [6, 6.07) is -0.334. The van der Waals surface area contributed by atoms with Crippen LogP contribution in [-0.4, -0.2) is 35.6 Å². The minimum atomic E-state index is -1.05. The smallest absolute Gasteiger partial charge is 0.306 e. The fraction of sp³-hybridized carbons (Fsp3) is 0.500. The number of rotatable bonds is 7. The molecule has 16 heavy (non-hydrogen) atoms. The summed E-state index contributed by atoms with van der Waals surface area (Å²) >= 11 is 0. The Bertz CT molecular complexity index is 287. The zero-order chi connectivity index (χ0) is 12.6. The maximum absolute atomic E-state index is 11.0. The van der Waals surface area contributed by atoms with Gasteiger partial charge >= 0.3 is 11.9 Å². The van der Waals surface area contributed by atoms with Crippen LogP contribution < -0.4 is 5.32 Å². The van der Waals surface area contributed by atoms with Gasteiger partial charge in [0.2, 0.25) is 5.91 Å². The number of aliphatic carboxylic acids is 1. The zero-order valence-electron chi connectivity index (χ0n) is 9.06. The van der Waals surface area contributed by atoms with Gasteiger partial charge in [0.1, 0.15) is 6.61 Å². The number of carboxylic acid groups (broad SMARTS) is 1. The number of ether oxygens (including phenoxy) is 1. The fourth-order valence-corrected chi connectivity index (χ4v) is 0.843. The Morgan fingerprint density at radius 3 is 2.56 bits per heavy atom. The van der Waals surface area contributed by atoms with Gasteiger partial charge in [-0.25, -0.2) is 0 Å². The standard InChI is InChI=1S/C10H15NO5/c1-3-8(12)11-7(2)6-16-10(15)5-4-9(13)14/h3,7H,1,4-6H2,2H3,(H,11,12)(H,13,14). The van der Waals surface area contributed by atoms with Gasteiger partial charge in [0.25, 0.3) is 0 Å². The topological polar surface area (TPSA) is 92.7 Å². The summed E-state index contributed by atoms with van der Waals surface area (Å²) in [6.07, 6.45) is 0.687. The largest absolute Gasteiger partial charge is 0.481 e. The molecule has 6 nitrogen and oxygen atoms in total. The monoisotopic (exact) mass is 229 g/mol.